The third-order valence-electron chi connectivity index (χ3n) is 6.92. The van der Waals surface area contributed by atoms with Crippen LogP contribution in [0.2, 0.25) is 0 Å². The summed E-state index contributed by atoms with van der Waals surface area (Å²) in [4.78, 5) is 26.4. The maximum atomic E-state index is 13.4. The van der Waals surface area contributed by atoms with Crippen LogP contribution in [-0.4, -0.2) is 58.4 Å². The van der Waals surface area contributed by atoms with Crippen molar-refractivity contribution in [3.8, 4) is 5.82 Å². The van der Waals surface area contributed by atoms with E-state index in [4.69, 9.17) is 0 Å². The van der Waals surface area contributed by atoms with Crippen LogP contribution in [0.15, 0.2) is 49.1 Å². The molecule has 3 N–H and O–H groups in total. The molecule has 3 aromatic rings. The van der Waals surface area contributed by atoms with Gasteiger partial charge in [-0.15, -0.1) is 0 Å². The molecule has 1 unspecified atom stereocenters. The highest BCUT2D eigenvalue weighted by molar-refractivity contribution is 7.90. The second kappa shape index (κ2) is 13.3. The molecule has 41 heavy (non-hydrogen) atoms. The second-order valence-electron chi connectivity index (χ2n) is 10.3. The molecular formula is C27H34F3N7O3S. The van der Waals surface area contributed by atoms with Gasteiger partial charge in [0.2, 0.25) is 11.9 Å². The SMILES string of the molecule is CS(=O)(=O)CCNc1nc(NC(CC2CCCCC2)C(=O)NCc2ccc(C(F)(F)F)cc2)cc(-n2ccnc2)n1. The van der Waals surface area contributed by atoms with Crippen molar-refractivity contribution in [2.45, 2.75) is 57.3 Å². The maximum Gasteiger partial charge on any atom is 0.416 e. The summed E-state index contributed by atoms with van der Waals surface area (Å²) in [6.07, 6.45) is 7.48. The van der Waals surface area contributed by atoms with Gasteiger partial charge in [0.05, 0.1) is 11.3 Å². The second-order valence-corrected chi connectivity index (χ2v) is 12.6. The summed E-state index contributed by atoms with van der Waals surface area (Å²) in [5.74, 6) is 0.930. The van der Waals surface area contributed by atoms with Gasteiger partial charge >= 0.3 is 6.18 Å². The van der Waals surface area contributed by atoms with Crippen LogP contribution in [0.3, 0.4) is 0 Å². The Balaban J connectivity index is 1.52. The standard InChI is InChI=1S/C27H34F3N7O3S/c1-41(39,40)14-12-32-26-35-23(16-24(36-26)37-13-11-31-18-37)34-22(15-19-5-3-2-4-6-19)25(38)33-17-20-7-9-21(10-8-20)27(28,29)30/h7-11,13,16,18-19,22H,2-6,12,14-15,17H2,1H3,(H,33,38)(H2,32,34,35,36). The van der Waals surface area contributed by atoms with Crippen LogP contribution < -0.4 is 16.0 Å². The molecule has 10 nitrogen and oxygen atoms in total. The quantitative estimate of drug-likeness (QED) is 0.285. The van der Waals surface area contributed by atoms with Gasteiger partial charge in [0, 0.05) is 37.8 Å². The molecule has 4 rings (SSSR count). The molecule has 1 amide bonds. The number of hydrogen-bond donors (Lipinski definition) is 3. The van der Waals surface area contributed by atoms with E-state index in [1.807, 2.05) is 0 Å². The number of nitrogens with one attached hydrogen (secondary N) is 3. The molecule has 0 saturated heterocycles. The van der Waals surface area contributed by atoms with Gasteiger partial charge in [-0.3, -0.25) is 9.36 Å². The third kappa shape index (κ3) is 9.44. The summed E-state index contributed by atoms with van der Waals surface area (Å²) in [5, 5.41) is 9.02. The highest BCUT2D eigenvalue weighted by Crippen LogP contribution is 2.30. The number of benzene rings is 1. The van der Waals surface area contributed by atoms with Crippen molar-refractivity contribution < 1.29 is 26.4 Å². The minimum atomic E-state index is -4.43. The van der Waals surface area contributed by atoms with Gasteiger partial charge in [-0.25, -0.2) is 13.4 Å². The molecule has 2 aromatic heterocycles. The van der Waals surface area contributed by atoms with Crippen molar-refractivity contribution in [2.75, 3.05) is 29.2 Å². The number of imidazole rings is 1. The maximum absolute atomic E-state index is 13.4. The zero-order valence-electron chi connectivity index (χ0n) is 22.7. The smallest absolute Gasteiger partial charge is 0.358 e. The molecule has 1 fully saturated rings. The number of nitrogens with zero attached hydrogens (tertiary/aromatic N) is 4. The van der Waals surface area contributed by atoms with Crippen molar-refractivity contribution in [3.05, 3.63) is 60.2 Å². The van der Waals surface area contributed by atoms with E-state index in [1.54, 1.807) is 29.4 Å². The van der Waals surface area contributed by atoms with E-state index < -0.39 is 27.6 Å². The van der Waals surface area contributed by atoms with Crippen LogP contribution >= 0.6 is 0 Å². The fourth-order valence-electron chi connectivity index (χ4n) is 4.75. The molecule has 0 bridgehead atoms. The Morgan fingerprint density at radius 3 is 2.49 bits per heavy atom. The van der Waals surface area contributed by atoms with Crippen molar-refractivity contribution in [1.82, 2.24) is 24.8 Å². The monoisotopic (exact) mass is 593 g/mol. The predicted octanol–water partition coefficient (Wildman–Crippen LogP) is 4.20. The molecule has 0 radical (unpaired) electrons. The average molecular weight is 594 g/mol. The van der Waals surface area contributed by atoms with Crippen molar-refractivity contribution in [3.63, 3.8) is 0 Å². The number of rotatable bonds is 12. The first-order chi connectivity index (χ1) is 19.5. The van der Waals surface area contributed by atoms with Crippen molar-refractivity contribution in [1.29, 1.82) is 0 Å². The first-order valence-corrected chi connectivity index (χ1v) is 15.5. The molecule has 14 heteroatoms. The van der Waals surface area contributed by atoms with E-state index in [2.05, 4.69) is 30.9 Å². The minimum absolute atomic E-state index is 0.0716. The van der Waals surface area contributed by atoms with E-state index in [0.29, 0.717) is 29.5 Å². The number of carbonyl (C=O) groups is 1. The Hall–Kier alpha value is -3.68. The number of hydrogen-bond acceptors (Lipinski definition) is 8. The molecule has 1 aliphatic rings. The third-order valence-corrected chi connectivity index (χ3v) is 7.86. The van der Waals surface area contributed by atoms with Crippen LogP contribution in [0.4, 0.5) is 24.9 Å². The summed E-state index contributed by atoms with van der Waals surface area (Å²) in [5.41, 5.74) is -0.201. The van der Waals surface area contributed by atoms with E-state index >= 15 is 0 Å². The fourth-order valence-corrected chi connectivity index (χ4v) is 5.23. The van der Waals surface area contributed by atoms with Gasteiger partial charge in [-0.2, -0.15) is 23.1 Å². The molecule has 1 atom stereocenters. The van der Waals surface area contributed by atoms with Crippen LogP contribution in [0, 0.1) is 5.92 Å². The number of aromatic nitrogens is 4. The molecule has 2 heterocycles. The summed E-state index contributed by atoms with van der Waals surface area (Å²) >= 11 is 0. The van der Waals surface area contributed by atoms with Crippen molar-refractivity contribution >= 4 is 27.5 Å². The lowest BCUT2D eigenvalue weighted by molar-refractivity contribution is -0.137. The Morgan fingerprint density at radius 1 is 1.12 bits per heavy atom. The highest BCUT2D eigenvalue weighted by atomic mass is 32.2. The first-order valence-electron chi connectivity index (χ1n) is 13.5. The summed E-state index contributed by atoms with van der Waals surface area (Å²) < 4.78 is 63.6. The molecular weight excluding hydrogens is 559 g/mol. The van der Waals surface area contributed by atoms with Crippen LogP contribution in [0.25, 0.3) is 5.82 Å². The number of alkyl halides is 3. The Bertz CT molecular complexity index is 1390. The van der Waals surface area contributed by atoms with E-state index in [1.165, 1.54) is 12.1 Å². The number of carbonyl (C=O) groups excluding carboxylic acids is 1. The zero-order valence-corrected chi connectivity index (χ0v) is 23.5. The Morgan fingerprint density at radius 2 is 1.85 bits per heavy atom. The topological polar surface area (TPSA) is 131 Å². The highest BCUT2D eigenvalue weighted by Gasteiger charge is 2.30. The van der Waals surface area contributed by atoms with Crippen LogP contribution in [0.5, 0.6) is 0 Å². The molecule has 222 valence electrons. The lowest BCUT2D eigenvalue weighted by Gasteiger charge is -2.27. The van der Waals surface area contributed by atoms with E-state index in [9.17, 15) is 26.4 Å². The summed E-state index contributed by atoms with van der Waals surface area (Å²) in [6.45, 7) is 0.174. The minimum Gasteiger partial charge on any atom is -0.358 e. The number of sulfone groups is 1. The van der Waals surface area contributed by atoms with Gasteiger partial charge in [0.15, 0.2) is 0 Å². The number of halogens is 3. The summed E-state index contributed by atoms with van der Waals surface area (Å²) in [6, 6.07) is 5.69. The largest absolute Gasteiger partial charge is 0.416 e. The van der Waals surface area contributed by atoms with E-state index in [0.717, 1.165) is 50.5 Å². The molecule has 0 aliphatic heterocycles. The zero-order chi connectivity index (χ0) is 29.5. The summed E-state index contributed by atoms with van der Waals surface area (Å²) in [7, 11) is -3.20. The van der Waals surface area contributed by atoms with Gasteiger partial charge < -0.3 is 16.0 Å². The Kier molecular flexibility index (Phi) is 9.84. The van der Waals surface area contributed by atoms with E-state index in [-0.39, 0.29) is 30.7 Å². The van der Waals surface area contributed by atoms with Crippen molar-refractivity contribution in [2.24, 2.45) is 5.92 Å². The first kappa shape index (κ1) is 30.3. The van der Waals surface area contributed by atoms with Gasteiger partial charge in [-0.1, -0.05) is 44.2 Å². The Labute approximate surface area is 237 Å². The number of amides is 1. The van der Waals surface area contributed by atoms with Crippen LogP contribution in [0.1, 0.15) is 49.7 Å². The molecule has 1 saturated carbocycles. The number of anilines is 2. The van der Waals surface area contributed by atoms with Gasteiger partial charge in [0.25, 0.3) is 0 Å². The average Bonchev–Trinajstić information content (AvgIpc) is 3.46. The normalized spacial score (nSPS) is 15.3. The fraction of sp³-hybridized carbons (Fsp3) is 0.481. The molecule has 1 aromatic carbocycles. The van der Waals surface area contributed by atoms with Gasteiger partial charge in [0.1, 0.15) is 33.8 Å². The molecule has 1 aliphatic carbocycles. The lowest BCUT2D eigenvalue weighted by Crippen LogP contribution is -2.41. The van der Waals surface area contributed by atoms with Gasteiger partial charge in [-0.05, 0) is 30.0 Å². The predicted molar refractivity (Wildman–Crippen MR) is 149 cm³/mol. The lowest BCUT2D eigenvalue weighted by atomic mass is 9.84. The van der Waals surface area contributed by atoms with Crippen LogP contribution in [-0.2, 0) is 27.4 Å². The molecule has 0 spiro atoms.